The van der Waals surface area contributed by atoms with Crippen LogP contribution in [0.25, 0.3) is 28.1 Å². The average Bonchev–Trinajstić information content (AvgIpc) is 3.44. The number of aromatic nitrogens is 4. The molecule has 0 aliphatic carbocycles. The molecule has 11 heteroatoms. The maximum atomic E-state index is 12.0. The van der Waals surface area contributed by atoms with E-state index in [1.54, 1.807) is 36.4 Å². The fourth-order valence-electron chi connectivity index (χ4n) is 2.69. The minimum Gasteiger partial charge on any atom is -0.507 e. The zero-order valence-electron chi connectivity index (χ0n) is 16.3. The predicted octanol–water partition coefficient (Wildman–Crippen LogP) is 4.39. The maximum Gasteiger partial charge on any atom is 0.316 e. The first kappa shape index (κ1) is 21.4. The second-order valence-electron chi connectivity index (χ2n) is 6.37. The molecule has 32 heavy (non-hydrogen) atoms. The van der Waals surface area contributed by atoms with Crippen molar-refractivity contribution in [1.29, 1.82) is 5.26 Å². The first-order chi connectivity index (χ1) is 15.5. The van der Waals surface area contributed by atoms with E-state index >= 15 is 0 Å². The summed E-state index contributed by atoms with van der Waals surface area (Å²) in [5.41, 5.74) is 1.95. The number of esters is 1. The number of ether oxygens (including phenoxy) is 1. The number of para-hydroxylation sites is 2. The van der Waals surface area contributed by atoms with Crippen molar-refractivity contribution in [2.45, 2.75) is 5.22 Å². The molecule has 0 spiro atoms. The zero-order chi connectivity index (χ0) is 22.5. The van der Waals surface area contributed by atoms with Gasteiger partial charge in [0.2, 0.25) is 5.89 Å². The number of nitriles is 1. The molecular formula is C21H14ClN5O4S. The van der Waals surface area contributed by atoms with E-state index in [2.05, 4.69) is 20.2 Å². The van der Waals surface area contributed by atoms with Gasteiger partial charge in [0.15, 0.2) is 11.6 Å². The highest BCUT2D eigenvalue weighted by Gasteiger charge is 2.16. The lowest BCUT2D eigenvalue weighted by molar-refractivity contribution is -0.140. The van der Waals surface area contributed by atoms with Gasteiger partial charge in [-0.2, -0.15) is 5.26 Å². The van der Waals surface area contributed by atoms with Crippen LogP contribution in [-0.4, -0.2) is 43.6 Å². The second-order valence-corrected chi connectivity index (χ2v) is 7.73. The smallest absolute Gasteiger partial charge is 0.316 e. The molecule has 4 aromatic rings. The van der Waals surface area contributed by atoms with Crippen LogP contribution in [0.15, 0.2) is 63.9 Å². The number of H-pyrrole nitrogens is 1. The Hall–Kier alpha value is -3.81. The van der Waals surface area contributed by atoms with Crippen molar-refractivity contribution in [2.75, 3.05) is 12.4 Å². The molecular weight excluding hydrogens is 454 g/mol. The summed E-state index contributed by atoms with van der Waals surface area (Å²) in [4.78, 5) is 19.3. The third-order valence-electron chi connectivity index (χ3n) is 4.21. The van der Waals surface area contributed by atoms with Crippen molar-refractivity contribution in [1.82, 2.24) is 20.2 Å². The van der Waals surface area contributed by atoms with E-state index in [1.165, 1.54) is 0 Å². The van der Waals surface area contributed by atoms with Gasteiger partial charge in [-0.3, -0.25) is 4.79 Å². The zero-order valence-corrected chi connectivity index (χ0v) is 17.9. The molecule has 0 fully saturated rings. The van der Waals surface area contributed by atoms with Gasteiger partial charge in [0.05, 0.1) is 11.0 Å². The number of nitrogens with one attached hydrogen (secondary N) is 1. The van der Waals surface area contributed by atoms with Gasteiger partial charge in [0.1, 0.15) is 24.0 Å². The van der Waals surface area contributed by atoms with E-state index < -0.39 is 18.3 Å². The number of fused-ring (bicyclic) bond motifs is 1. The Morgan fingerprint density at radius 3 is 2.75 bits per heavy atom. The standard InChI is InChI=1S/C21H14ClN5O4S/c22-13-7-5-12(6-8-13)20-26-27-21(31-20)32-11-18(29)30-10-17(28)14(9-23)19-24-15-3-1-2-4-16(15)25-19/h1-8,28H,10-11H2,(H,24,25)/b17-14-. The summed E-state index contributed by atoms with van der Waals surface area (Å²) in [7, 11) is 0. The minimum atomic E-state index is -0.630. The van der Waals surface area contributed by atoms with Gasteiger partial charge in [-0.05, 0) is 36.4 Å². The molecule has 0 amide bonds. The molecule has 0 aliphatic rings. The number of aliphatic hydroxyl groups is 1. The Bertz CT molecular complexity index is 1310. The van der Waals surface area contributed by atoms with Crippen LogP contribution >= 0.6 is 23.4 Å². The van der Waals surface area contributed by atoms with E-state index in [0.717, 1.165) is 11.8 Å². The molecule has 0 unspecified atom stereocenters. The third kappa shape index (κ3) is 4.91. The monoisotopic (exact) mass is 467 g/mol. The highest BCUT2D eigenvalue weighted by Crippen LogP contribution is 2.24. The SMILES string of the molecule is N#C/C(=C(/O)COC(=O)CSc1nnc(-c2ccc(Cl)cc2)o1)c1nc2ccccc2[nH]1. The Morgan fingerprint density at radius 1 is 1.22 bits per heavy atom. The molecule has 2 aromatic heterocycles. The molecule has 0 aliphatic heterocycles. The molecule has 9 nitrogen and oxygen atoms in total. The molecule has 0 saturated heterocycles. The lowest BCUT2D eigenvalue weighted by Crippen LogP contribution is -2.11. The van der Waals surface area contributed by atoms with Crippen LogP contribution < -0.4 is 0 Å². The largest absolute Gasteiger partial charge is 0.507 e. The minimum absolute atomic E-state index is 0.105. The molecule has 4 rings (SSSR count). The van der Waals surface area contributed by atoms with Gasteiger partial charge >= 0.3 is 5.97 Å². The third-order valence-corrected chi connectivity index (χ3v) is 5.25. The summed E-state index contributed by atoms with van der Waals surface area (Å²) in [5, 5.41) is 28.2. The number of rotatable bonds is 7. The molecule has 0 radical (unpaired) electrons. The van der Waals surface area contributed by atoms with E-state index in [4.69, 9.17) is 20.8 Å². The van der Waals surface area contributed by atoms with Gasteiger partial charge in [-0.15, -0.1) is 10.2 Å². The first-order valence-corrected chi connectivity index (χ1v) is 10.5. The summed E-state index contributed by atoms with van der Waals surface area (Å²) in [5.74, 6) is -0.676. The summed E-state index contributed by atoms with van der Waals surface area (Å²) in [6.45, 7) is -0.473. The second kappa shape index (κ2) is 9.55. The van der Waals surface area contributed by atoms with Gasteiger partial charge in [-0.1, -0.05) is 35.5 Å². The number of carbonyl (C=O) groups is 1. The lowest BCUT2D eigenvalue weighted by Gasteiger charge is -2.04. The Balaban J connectivity index is 1.34. The number of aromatic amines is 1. The molecule has 2 aromatic carbocycles. The van der Waals surface area contributed by atoms with E-state index in [9.17, 15) is 15.2 Å². The van der Waals surface area contributed by atoms with Crippen molar-refractivity contribution in [3.63, 3.8) is 0 Å². The van der Waals surface area contributed by atoms with Crippen molar-refractivity contribution in [2.24, 2.45) is 0 Å². The number of hydrogen-bond donors (Lipinski definition) is 2. The summed E-state index contributed by atoms with van der Waals surface area (Å²) in [6, 6.07) is 16.0. The van der Waals surface area contributed by atoms with Crippen molar-refractivity contribution in [3.05, 3.63) is 65.1 Å². The van der Waals surface area contributed by atoms with Gasteiger partial charge in [0, 0.05) is 10.6 Å². The van der Waals surface area contributed by atoms with Crippen LogP contribution in [0.5, 0.6) is 0 Å². The molecule has 0 saturated carbocycles. The predicted molar refractivity (Wildman–Crippen MR) is 118 cm³/mol. The topological polar surface area (TPSA) is 138 Å². The van der Waals surface area contributed by atoms with Gasteiger partial charge in [0.25, 0.3) is 5.22 Å². The van der Waals surface area contributed by atoms with Crippen molar-refractivity contribution in [3.8, 4) is 17.5 Å². The van der Waals surface area contributed by atoms with Crippen LogP contribution in [0.3, 0.4) is 0 Å². The van der Waals surface area contributed by atoms with Crippen LogP contribution in [0.2, 0.25) is 5.02 Å². The number of carbonyl (C=O) groups excluding carboxylic acids is 1. The molecule has 0 atom stereocenters. The summed E-state index contributed by atoms with van der Waals surface area (Å²) in [6.07, 6.45) is 0. The lowest BCUT2D eigenvalue weighted by atomic mass is 10.2. The van der Waals surface area contributed by atoms with Crippen molar-refractivity contribution < 1.29 is 19.1 Å². The van der Waals surface area contributed by atoms with Crippen LogP contribution in [0.1, 0.15) is 5.82 Å². The van der Waals surface area contributed by atoms with E-state index in [1.807, 2.05) is 18.2 Å². The number of allylic oxidation sites excluding steroid dienone is 1. The molecule has 2 heterocycles. The fraction of sp³-hybridized carbons (Fsp3) is 0.0952. The highest BCUT2D eigenvalue weighted by atomic mass is 35.5. The number of benzene rings is 2. The Morgan fingerprint density at radius 2 is 2.00 bits per heavy atom. The quantitative estimate of drug-likeness (QED) is 0.175. The van der Waals surface area contributed by atoms with Gasteiger partial charge < -0.3 is 19.2 Å². The van der Waals surface area contributed by atoms with E-state index in [0.29, 0.717) is 27.5 Å². The molecule has 0 bridgehead atoms. The number of nitrogens with zero attached hydrogens (tertiary/aromatic N) is 4. The number of halogens is 1. The normalized spacial score (nSPS) is 11.8. The number of aliphatic hydroxyl groups excluding tert-OH is 1. The van der Waals surface area contributed by atoms with E-state index in [-0.39, 0.29) is 22.4 Å². The van der Waals surface area contributed by atoms with Crippen LogP contribution in [0.4, 0.5) is 0 Å². The first-order valence-electron chi connectivity index (χ1n) is 9.18. The van der Waals surface area contributed by atoms with Gasteiger partial charge in [-0.25, -0.2) is 4.98 Å². The Labute approximate surface area is 190 Å². The molecule has 160 valence electrons. The van der Waals surface area contributed by atoms with Crippen LogP contribution in [0, 0.1) is 11.3 Å². The summed E-state index contributed by atoms with van der Waals surface area (Å²) < 4.78 is 10.5. The average molecular weight is 468 g/mol. The maximum absolute atomic E-state index is 12.0. The number of imidazole rings is 1. The van der Waals surface area contributed by atoms with Crippen LogP contribution in [-0.2, 0) is 9.53 Å². The fourth-order valence-corrected chi connectivity index (χ4v) is 3.37. The Kier molecular flexibility index (Phi) is 6.39. The number of hydrogen-bond acceptors (Lipinski definition) is 9. The highest BCUT2D eigenvalue weighted by molar-refractivity contribution is 7.99. The summed E-state index contributed by atoms with van der Waals surface area (Å²) >= 11 is 6.85. The number of thioether (sulfide) groups is 1. The molecule has 2 N–H and O–H groups in total. The van der Waals surface area contributed by atoms with Crippen molar-refractivity contribution >= 4 is 45.9 Å².